The molecule has 0 spiro atoms. The van der Waals surface area contributed by atoms with Crippen molar-refractivity contribution in [1.82, 2.24) is 5.32 Å². The summed E-state index contributed by atoms with van der Waals surface area (Å²) in [5.74, 6) is 0.918. The van der Waals surface area contributed by atoms with E-state index in [0.717, 1.165) is 28.4 Å². The van der Waals surface area contributed by atoms with Crippen molar-refractivity contribution in [2.75, 3.05) is 7.05 Å². The van der Waals surface area contributed by atoms with Crippen LogP contribution in [-0.4, -0.2) is 7.05 Å². The Kier molecular flexibility index (Phi) is 4.62. The predicted molar refractivity (Wildman–Crippen MR) is 75.0 cm³/mol. The first-order valence-corrected chi connectivity index (χ1v) is 6.27. The summed E-state index contributed by atoms with van der Waals surface area (Å²) in [6.45, 7) is 1.36. The minimum absolute atomic E-state index is 0.553. The molecule has 0 heterocycles. The third-order valence-electron chi connectivity index (χ3n) is 2.65. The number of hydrogen-bond donors (Lipinski definition) is 1. The molecule has 0 aliphatic rings. The summed E-state index contributed by atoms with van der Waals surface area (Å²) in [6.07, 6.45) is 0. The average molecular weight is 262 g/mol. The van der Waals surface area contributed by atoms with Crippen molar-refractivity contribution in [2.45, 2.75) is 13.2 Å². The van der Waals surface area contributed by atoms with E-state index in [9.17, 15) is 0 Å². The van der Waals surface area contributed by atoms with Gasteiger partial charge < -0.3 is 10.1 Å². The fourth-order valence-electron chi connectivity index (χ4n) is 1.72. The quantitative estimate of drug-likeness (QED) is 0.887. The molecule has 0 fully saturated rings. The lowest BCUT2D eigenvalue weighted by Gasteiger charge is -2.11. The molecule has 0 radical (unpaired) electrons. The van der Waals surface area contributed by atoms with Gasteiger partial charge in [-0.05, 0) is 30.8 Å². The van der Waals surface area contributed by atoms with Crippen molar-refractivity contribution in [3.63, 3.8) is 0 Å². The molecule has 1 N–H and O–H groups in total. The van der Waals surface area contributed by atoms with Crippen molar-refractivity contribution in [3.05, 3.63) is 64.7 Å². The molecule has 0 aliphatic carbocycles. The molecular formula is C15H16ClNO. The van der Waals surface area contributed by atoms with E-state index in [2.05, 4.69) is 11.4 Å². The molecule has 94 valence electrons. The molecule has 18 heavy (non-hydrogen) atoms. The molecule has 0 saturated heterocycles. The van der Waals surface area contributed by atoms with E-state index in [0.29, 0.717) is 6.61 Å². The third-order valence-corrected chi connectivity index (χ3v) is 2.90. The maximum absolute atomic E-state index is 5.85. The van der Waals surface area contributed by atoms with E-state index >= 15 is 0 Å². The second-order valence-electron chi connectivity index (χ2n) is 4.05. The van der Waals surface area contributed by atoms with Crippen LogP contribution in [0.2, 0.25) is 5.02 Å². The van der Waals surface area contributed by atoms with E-state index in [1.807, 2.05) is 49.5 Å². The van der Waals surface area contributed by atoms with Gasteiger partial charge in [0.2, 0.25) is 0 Å². The Hall–Kier alpha value is -1.51. The predicted octanol–water partition coefficient (Wildman–Crippen LogP) is 3.64. The highest BCUT2D eigenvalue weighted by molar-refractivity contribution is 6.30. The van der Waals surface area contributed by atoms with Crippen molar-refractivity contribution >= 4 is 11.6 Å². The Morgan fingerprint density at radius 3 is 2.50 bits per heavy atom. The molecule has 2 rings (SSSR count). The van der Waals surface area contributed by atoms with Gasteiger partial charge in [-0.15, -0.1) is 0 Å². The van der Waals surface area contributed by atoms with Gasteiger partial charge in [-0.1, -0.05) is 41.9 Å². The van der Waals surface area contributed by atoms with Gasteiger partial charge in [-0.25, -0.2) is 0 Å². The van der Waals surface area contributed by atoms with Crippen LogP contribution in [0.15, 0.2) is 48.5 Å². The minimum Gasteiger partial charge on any atom is -0.489 e. The lowest BCUT2D eigenvalue weighted by molar-refractivity contribution is 0.302. The largest absolute Gasteiger partial charge is 0.489 e. The van der Waals surface area contributed by atoms with E-state index in [1.165, 1.54) is 0 Å². The van der Waals surface area contributed by atoms with Crippen molar-refractivity contribution in [3.8, 4) is 5.75 Å². The summed E-state index contributed by atoms with van der Waals surface area (Å²) >= 11 is 5.85. The van der Waals surface area contributed by atoms with E-state index in [1.54, 1.807) is 0 Å². The van der Waals surface area contributed by atoms with Crippen LogP contribution in [0.1, 0.15) is 11.1 Å². The van der Waals surface area contributed by atoms with Gasteiger partial charge in [0.1, 0.15) is 12.4 Å². The number of benzene rings is 2. The Balaban J connectivity index is 2.03. The van der Waals surface area contributed by atoms with Gasteiger partial charge in [0.15, 0.2) is 0 Å². The summed E-state index contributed by atoms with van der Waals surface area (Å²) in [7, 11) is 1.93. The van der Waals surface area contributed by atoms with Gasteiger partial charge in [0.25, 0.3) is 0 Å². The second-order valence-corrected chi connectivity index (χ2v) is 4.49. The molecule has 0 aromatic heterocycles. The van der Waals surface area contributed by atoms with Gasteiger partial charge in [-0.3, -0.25) is 0 Å². The third kappa shape index (κ3) is 3.49. The lowest BCUT2D eigenvalue weighted by Crippen LogP contribution is -2.07. The Morgan fingerprint density at radius 1 is 1.06 bits per heavy atom. The first-order valence-electron chi connectivity index (χ1n) is 5.89. The van der Waals surface area contributed by atoms with Crippen LogP contribution >= 0.6 is 11.6 Å². The number of para-hydroxylation sites is 1. The minimum atomic E-state index is 0.553. The number of ether oxygens (including phenoxy) is 1. The van der Waals surface area contributed by atoms with Gasteiger partial charge in [0.05, 0.1) is 0 Å². The highest BCUT2D eigenvalue weighted by atomic mass is 35.5. The van der Waals surface area contributed by atoms with Crippen LogP contribution in [-0.2, 0) is 13.2 Å². The van der Waals surface area contributed by atoms with E-state index < -0.39 is 0 Å². The van der Waals surface area contributed by atoms with Crippen LogP contribution in [0.25, 0.3) is 0 Å². The molecule has 2 aromatic rings. The molecular weight excluding hydrogens is 246 g/mol. The number of rotatable bonds is 5. The Morgan fingerprint density at radius 2 is 1.78 bits per heavy atom. The molecule has 2 nitrogen and oxygen atoms in total. The normalized spacial score (nSPS) is 10.3. The zero-order valence-electron chi connectivity index (χ0n) is 10.3. The smallest absolute Gasteiger partial charge is 0.124 e. The molecule has 0 atom stereocenters. The van der Waals surface area contributed by atoms with Gasteiger partial charge in [-0.2, -0.15) is 0 Å². The first kappa shape index (κ1) is 12.9. The summed E-state index contributed by atoms with van der Waals surface area (Å²) in [4.78, 5) is 0. The summed E-state index contributed by atoms with van der Waals surface area (Å²) in [5.41, 5.74) is 2.27. The zero-order chi connectivity index (χ0) is 12.8. The molecule has 2 aromatic carbocycles. The summed E-state index contributed by atoms with van der Waals surface area (Å²) in [5, 5.41) is 3.88. The van der Waals surface area contributed by atoms with Crippen molar-refractivity contribution in [1.29, 1.82) is 0 Å². The molecule has 0 unspecified atom stereocenters. The fourth-order valence-corrected chi connectivity index (χ4v) is 1.85. The van der Waals surface area contributed by atoms with Crippen LogP contribution in [0, 0.1) is 0 Å². The standard InChI is InChI=1S/C15H16ClNO/c1-17-10-13-4-2-3-5-15(13)18-11-12-6-8-14(16)9-7-12/h2-9,17H,10-11H2,1H3. The highest BCUT2D eigenvalue weighted by Gasteiger charge is 2.02. The van der Waals surface area contributed by atoms with Gasteiger partial charge in [0, 0.05) is 17.1 Å². The zero-order valence-corrected chi connectivity index (χ0v) is 11.1. The Bertz CT molecular complexity index is 496. The molecule has 0 bridgehead atoms. The Labute approximate surface area is 113 Å². The molecule has 0 saturated carbocycles. The average Bonchev–Trinajstić information content (AvgIpc) is 2.40. The van der Waals surface area contributed by atoms with Crippen LogP contribution in [0.4, 0.5) is 0 Å². The monoisotopic (exact) mass is 261 g/mol. The number of hydrogen-bond acceptors (Lipinski definition) is 2. The maximum atomic E-state index is 5.85. The second kappa shape index (κ2) is 6.43. The SMILES string of the molecule is CNCc1ccccc1OCc1ccc(Cl)cc1. The molecule has 3 heteroatoms. The van der Waals surface area contributed by atoms with Gasteiger partial charge >= 0.3 is 0 Å². The number of halogens is 1. The van der Waals surface area contributed by atoms with Crippen LogP contribution in [0.5, 0.6) is 5.75 Å². The van der Waals surface area contributed by atoms with Crippen LogP contribution in [0.3, 0.4) is 0 Å². The summed E-state index contributed by atoms with van der Waals surface area (Å²) in [6, 6.07) is 15.8. The highest BCUT2D eigenvalue weighted by Crippen LogP contribution is 2.19. The fraction of sp³-hybridized carbons (Fsp3) is 0.200. The van der Waals surface area contributed by atoms with Crippen molar-refractivity contribution < 1.29 is 4.74 Å². The first-order chi connectivity index (χ1) is 8.79. The topological polar surface area (TPSA) is 21.3 Å². The lowest BCUT2D eigenvalue weighted by atomic mass is 10.2. The van der Waals surface area contributed by atoms with E-state index in [4.69, 9.17) is 16.3 Å². The maximum Gasteiger partial charge on any atom is 0.124 e. The molecule has 0 aliphatic heterocycles. The summed E-state index contributed by atoms with van der Waals surface area (Å²) < 4.78 is 5.83. The molecule has 0 amide bonds. The van der Waals surface area contributed by atoms with Crippen molar-refractivity contribution in [2.24, 2.45) is 0 Å². The number of nitrogens with one attached hydrogen (secondary N) is 1. The van der Waals surface area contributed by atoms with Crippen LogP contribution < -0.4 is 10.1 Å². The van der Waals surface area contributed by atoms with E-state index in [-0.39, 0.29) is 0 Å².